The first-order valence-electron chi connectivity index (χ1n) is 5.62. The largest absolute Gasteiger partial charge is 0.409 e. The Kier molecular flexibility index (Phi) is 4.09. The number of nitrogens with zero attached hydrogens (tertiary/aromatic N) is 1. The third kappa shape index (κ3) is 3.52. The molecule has 1 saturated heterocycles. The monoisotopic (exact) mass is 292 g/mol. The van der Waals surface area contributed by atoms with Crippen molar-refractivity contribution in [3.05, 3.63) is 0 Å². The Balaban J connectivity index is 2.77. The molecule has 1 amide bonds. The Bertz CT molecular complexity index is 331. The topological polar surface area (TPSA) is 46.3 Å². The molecule has 0 aromatic heterocycles. The lowest BCUT2D eigenvalue weighted by Crippen LogP contribution is -2.70. The van der Waals surface area contributed by atoms with Gasteiger partial charge in [-0.15, -0.1) is 0 Å². The van der Waals surface area contributed by atoms with E-state index < -0.39 is 29.7 Å². The van der Waals surface area contributed by atoms with E-state index in [1.54, 1.807) is 6.92 Å². The number of nitrogens with two attached hydrogens (primary N) is 1. The molecule has 1 fully saturated rings. The molecule has 0 spiro atoms. The molecule has 19 heavy (non-hydrogen) atoms. The van der Waals surface area contributed by atoms with E-state index in [0.717, 1.165) is 0 Å². The van der Waals surface area contributed by atoms with Gasteiger partial charge >= 0.3 is 12.4 Å². The number of likely N-dealkylation sites (tertiary alicyclic amines) is 1. The smallest absolute Gasteiger partial charge is 0.338 e. The van der Waals surface area contributed by atoms with Crippen molar-refractivity contribution in [2.45, 2.75) is 37.7 Å². The predicted molar refractivity (Wildman–Crippen MR) is 54.0 cm³/mol. The Labute approximate surface area is 105 Å². The summed E-state index contributed by atoms with van der Waals surface area (Å²) in [6.07, 6.45) is -10.2. The van der Waals surface area contributed by atoms with Crippen LogP contribution in [0.5, 0.6) is 0 Å². The minimum absolute atomic E-state index is 0.275. The summed E-state index contributed by atoms with van der Waals surface area (Å²) in [6.45, 7) is 1.23. The second-order valence-electron chi connectivity index (χ2n) is 4.82. The van der Waals surface area contributed by atoms with Crippen LogP contribution in [0.1, 0.15) is 19.8 Å². The van der Waals surface area contributed by atoms with Crippen molar-refractivity contribution in [2.24, 2.45) is 11.7 Å². The van der Waals surface area contributed by atoms with Crippen LogP contribution in [0, 0.1) is 5.92 Å². The molecule has 1 rings (SSSR count). The van der Waals surface area contributed by atoms with Gasteiger partial charge in [-0.25, -0.2) is 0 Å². The fraction of sp³-hybridized carbons (Fsp3) is 0.900. The molecule has 3 nitrogen and oxygen atoms in total. The van der Waals surface area contributed by atoms with Crippen LogP contribution >= 0.6 is 0 Å². The molecule has 1 aliphatic heterocycles. The number of carbonyl (C=O) groups excluding carboxylic acids is 1. The molecule has 0 atom stereocenters. The van der Waals surface area contributed by atoms with Crippen LogP contribution in [-0.2, 0) is 4.79 Å². The minimum atomic E-state index is -5.65. The summed E-state index contributed by atoms with van der Waals surface area (Å²) in [4.78, 5) is 11.9. The lowest BCUT2D eigenvalue weighted by atomic mass is 9.85. The van der Waals surface area contributed by atoms with E-state index in [9.17, 15) is 31.1 Å². The molecule has 0 bridgehead atoms. The molecule has 1 heterocycles. The van der Waals surface area contributed by atoms with Gasteiger partial charge in [0.1, 0.15) is 0 Å². The molecular weight excluding hydrogens is 278 g/mol. The third-order valence-corrected chi connectivity index (χ3v) is 2.97. The number of amides is 1. The van der Waals surface area contributed by atoms with Gasteiger partial charge in [0.25, 0.3) is 0 Å². The zero-order valence-electron chi connectivity index (χ0n) is 10.1. The van der Waals surface area contributed by atoms with Crippen molar-refractivity contribution in [3.8, 4) is 0 Å². The zero-order valence-corrected chi connectivity index (χ0v) is 10.1. The van der Waals surface area contributed by atoms with Gasteiger partial charge in [-0.1, -0.05) is 13.3 Å². The SMILES string of the molecule is CCCC1(N)CN(C(=O)C(C(F)(F)F)C(F)(F)F)C1. The van der Waals surface area contributed by atoms with Crippen molar-refractivity contribution in [3.63, 3.8) is 0 Å². The van der Waals surface area contributed by atoms with Crippen LogP contribution in [-0.4, -0.2) is 41.8 Å². The Morgan fingerprint density at radius 1 is 1.21 bits per heavy atom. The Morgan fingerprint density at radius 2 is 1.63 bits per heavy atom. The molecular formula is C10H14F6N2O. The number of carbonyl (C=O) groups is 1. The molecule has 2 N–H and O–H groups in total. The van der Waals surface area contributed by atoms with Crippen LogP contribution in [0.25, 0.3) is 0 Å². The van der Waals surface area contributed by atoms with Crippen molar-refractivity contribution in [1.82, 2.24) is 4.90 Å². The van der Waals surface area contributed by atoms with Gasteiger partial charge in [-0.3, -0.25) is 4.79 Å². The molecule has 0 aromatic rings. The summed E-state index contributed by atoms with van der Waals surface area (Å²) >= 11 is 0. The summed E-state index contributed by atoms with van der Waals surface area (Å²) in [5.41, 5.74) is 4.83. The number of hydrogen-bond donors (Lipinski definition) is 1. The minimum Gasteiger partial charge on any atom is -0.338 e. The normalized spacial score (nSPS) is 19.5. The maximum absolute atomic E-state index is 12.3. The van der Waals surface area contributed by atoms with Crippen LogP contribution in [0.3, 0.4) is 0 Å². The second kappa shape index (κ2) is 4.84. The predicted octanol–water partition coefficient (Wildman–Crippen LogP) is 2.07. The number of halogens is 6. The number of rotatable bonds is 3. The first-order chi connectivity index (χ1) is 8.41. The van der Waals surface area contributed by atoms with Gasteiger partial charge in [-0.05, 0) is 6.42 Å². The highest BCUT2D eigenvalue weighted by Gasteiger charge is 2.63. The van der Waals surface area contributed by atoms with E-state index in [0.29, 0.717) is 17.7 Å². The molecule has 1 aliphatic rings. The number of hydrogen-bond acceptors (Lipinski definition) is 2. The lowest BCUT2D eigenvalue weighted by Gasteiger charge is -2.49. The van der Waals surface area contributed by atoms with E-state index >= 15 is 0 Å². The van der Waals surface area contributed by atoms with Crippen LogP contribution in [0.15, 0.2) is 0 Å². The van der Waals surface area contributed by atoms with Crippen LogP contribution in [0.2, 0.25) is 0 Å². The van der Waals surface area contributed by atoms with Crippen molar-refractivity contribution >= 4 is 5.91 Å². The lowest BCUT2D eigenvalue weighted by molar-refractivity contribution is -0.279. The van der Waals surface area contributed by atoms with Crippen molar-refractivity contribution in [2.75, 3.05) is 13.1 Å². The summed E-state index contributed by atoms with van der Waals surface area (Å²) in [5.74, 6) is -5.94. The van der Waals surface area contributed by atoms with Crippen molar-refractivity contribution in [1.29, 1.82) is 0 Å². The van der Waals surface area contributed by atoms with E-state index in [-0.39, 0.29) is 13.1 Å². The molecule has 0 saturated carbocycles. The Hall–Kier alpha value is -0.990. The first-order valence-corrected chi connectivity index (χ1v) is 5.62. The van der Waals surface area contributed by atoms with Crippen LogP contribution < -0.4 is 5.73 Å². The molecule has 0 radical (unpaired) electrons. The molecule has 0 aromatic carbocycles. The average Bonchev–Trinajstić information content (AvgIpc) is 2.08. The van der Waals surface area contributed by atoms with Gasteiger partial charge in [0.05, 0.1) is 5.54 Å². The quantitative estimate of drug-likeness (QED) is 0.809. The third-order valence-electron chi connectivity index (χ3n) is 2.97. The van der Waals surface area contributed by atoms with E-state index in [2.05, 4.69) is 0 Å². The zero-order chi connectivity index (χ0) is 15.1. The van der Waals surface area contributed by atoms with Crippen molar-refractivity contribution < 1.29 is 31.1 Å². The molecule has 0 unspecified atom stereocenters. The highest BCUT2D eigenvalue weighted by molar-refractivity contribution is 5.81. The second-order valence-corrected chi connectivity index (χ2v) is 4.82. The summed E-state index contributed by atoms with van der Waals surface area (Å²) in [6, 6.07) is 0. The van der Waals surface area contributed by atoms with Gasteiger partial charge < -0.3 is 10.6 Å². The molecule has 112 valence electrons. The summed E-state index contributed by atoms with van der Waals surface area (Å²) in [7, 11) is 0. The van der Waals surface area contributed by atoms with E-state index in [1.807, 2.05) is 0 Å². The van der Waals surface area contributed by atoms with Crippen LogP contribution in [0.4, 0.5) is 26.3 Å². The first kappa shape index (κ1) is 16.1. The number of alkyl halides is 6. The van der Waals surface area contributed by atoms with E-state index in [4.69, 9.17) is 5.73 Å². The fourth-order valence-electron chi connectivity index (χ4n) is 2.17. The maximum Gasteiger partial charge on any atom is 0.409 e. The fourth-order valence-corrected chi connectivity index (χ4v) is 2.17. The van der Waals surface area contributed by atoms with E-state index in [1.165, 1.54) is 0 Å². The van der Waals surface area contributed by atoms with Gasteiger partial charge in [0.15, 0.2) is 0 Å². The highest BCUT2D eigenvalue weighted by Crippen LogP contribution is 2.41. The molecule has 9 heteroatoms. The summed E-state index contributed by atoms with van der Waals surface area (Å²) in [5, 5.41) is 0. The Morgan fingerprint density at radius 3 is 1.95 bits per heavy atom. The van der Waals surface area contributed by atoms with Gasteiger partial charge in [-0.2, -0.15) is 26.3 Å². The van der Waals surface area contributed by atoms with Gasteiger partial charge in [0.2, 0.25) is 11.8 Å². The standard InChI is InChI=1S/C10H14F6N2O/c1-2-3-8(17)4-18(5-8)7(19)6(9(11,12)13)10(14,15)16/h6H,2-5,17H2,1H3. The summed E-state index contributed by atoms with van der Waals surface area (Å²) < 4.78 is 74.0. The highest BCUT2D eigenvalue weighted by atomic mass is 19.4. The average molecular weight is 292 g/mol. The molecule has 0 aliphatic carbocycles. The maximum atomic E-state index is 12.3. The van der Waals surface area contributed by atoms with Gasteiger partial charge in [0, 0.05) is 13.1 Å².